The van der Waals surface area contributed by atoms with Crippen LogP contribution in [0.5, 0.6) is 0 Å². The molecule has 0 aliphatic carbocycles. The lowest BCUT2D eigenvalue weighted by atomic mass is 10.1. The number of nitrogens with two attached hydrogens (primary N) is 1. The number of benzene rings is 2. The first-order valence-corrected chi connectivity index (χ1v) is 16.5. The maximum atomic E-state index is 13.7. The number of hydrogen-bond acceptors (Lipinski definition) is 6. The lowest BCUT2D eigenvalue weighted by molar-refractivity contribution is 0.0741. The van der Waals surface area contributed by atoms with E-state index in [0.29, 0.717) is 29.0 Å². The number of sulfonamides is 1. The number of fused-ring (bicyclic) bond motifs is 1. The third-order valence-corrected chi connectivity index (χ3v) is 8.66. The topological polar surface area (TPSA) is 114 Å². The van der Waals surface area contributed by atoms with Crippen molar-refractivity contribution in [1.82, 2.24) is 19.4 Å². The molecule has 1 aromatic heterocycles. The Kier molecular flexibility index (Phi) is 10.4. The smallest absolute Gasteiger partial charge is 0.253 e. The molecule has 1 aliphatic heterocycles. The van der Waals surface area contributed by atoms with E-state index in [1.807, 2.05) is 23.1 Å². The number of amides is 1. The number of anilines is 2. The molecule has 0 radical (unpaired) electrons. The highest BCUT2D eigenvalue weighted by atomic mass is 32.2. The van der Waals surface area contributed by atoms with Gasteiger partial charge in [-0.3, -0.25) is 4.79 Å². The molecule has 0 saturated carbocycles. The molecule has 2 aromatic carbocycles. The summed E-state index contributed by atoms with van der Waals surface area (Å²) in [4.78, 5) is 23.2. The van der Waals surface area contributed by atoms with E-state index in [-0.39, 0.29) is 10.8 Å². The summed E-state index contributed by atoms with van der Waals surface area (Å²) < 4.78 is 25.5. The fourth-order valence-corrected chi connectivity index (χ4v) is 5.73. The van der Waals surface area contributed by atoms with Crippen LogP contribution in [0, 0.1) is 11.8 Å². The second kappa shape index (κ2) is 13.8. The molecule has 0 bridgehead atoms. The maximum Gasteiger partial charge on any atom is 0.253 e. The normalized spacial score (nSPS) is 14.4. The molecule has 1 aliphatic rings. The lowest BCUT2D eigenvalue weighted by Gasteiger charge is -2.25. The molecule has 9 nitrogen and oxygen atoms in total. The molecule has 0 spiro atoms. The van der Waals surface area contributed by atoms with Crippen LogP contribution in [0.3, 0.4) is 0 Å². The van der Waals surface area contributed by atoms with Crippen LogP contribution in [0.2, 0.25) is 0 Å². The molecule has 1 saturated heterocycles. The predicted octanol–water partition coefficient (Wildman–Crippen LogP) is 5.45. The Hall–Kier alpha value is -2.95. The van der Waals surface area contributed by atoms with E-state index in [2.05, 4.69) is 42.5 Å². The average Bonchev–Trinajstić information content (AvgIpc) is 3.55. The number of nitrogens with one attached hydrogen (secondary N) is 1. The van der Waals surface area contributed by atoms with Crippen LogP contribution in [0.1, 0.15) is 70.2 Å². The molecule has 4 rings (SSSR count). The van der Waals surface area contributed by atoms with Crippen LogP contribution in [0.4, 0.5) is 11.6 Å². The molecular formula is C31H46N6O3S. The number of hydrogen-bond donors (Lipinski definition) is 2. The van der Waals surface area contributed by atoms with Gasteiger partial charge in [0.1, 0.15) is 0 Å². The minimum Gasteiger partial charge on any atom is -0.339 e. The fraction of sp³-hybridized carbons (Fsp3) is 0.548. The molecular weight excluding hydrogens is 536 g/mol. The first-order chi connectivity index (χ1) is 19.5. The molecule has 3 aromatic rings. The van der Waals surface area contributed by atoms with Gasteiger partial charge in [0.25, 0.3) is 5.91 Å². The Labute approximate surface area is 245 Å². The van der Waals surface area contributed by atoms with Crippen molar-refractivity contribution in [3.05, 3.63) is 48.0 Å². The fourth-order valence-electron chi connectivity index (χ4n) is 5.22. The van der Waals surface area contributed by atoms with Gasteiger partial charge in [-0.1, -0.05) is 27.7 Å². The van der Waals surface area contributed by atoms with E-state index in [1.165, 1.54) is 25.0 Å². The maximum absolute atomic E-state index is 13.7. The van der Waals surface area contributed by atoms with Crippen molar-refractivity contribution in [2.75, 3.05) is 38.0 Å². The number of nitrogens with zero attached hydrogens (tertiary/aromatic N) is 4. The molecule has 0 atom stereocenters. The van der Waals surface area contributed by atoms with Gasteiger partial charge in [0, 0.05) is 30.9 Å². The Bertz CT molecular complexity index is 1400. The zero-order valence-corrected chi connectivity index (χ0v) is 25.8. The number of rotatable bonds is 14. The summed E-state index contributed by atoms with van der Waals surface area (Å²) in [5.74, 6) is 1.77. The van der Waals surface area contributed by atoms with Crippen LogP contribution in [-0.4, -0.2) is 66.4 Å². The van der Waals surface area contributed by atoms with Crippen molar-refractivity contribution >= 4 is 38.6 Å². The number of imidazole rings is 1. The summed E-state index contributed by atoms with van der Waals surface area (Å²) in [6.45, 7) is 14.3. The molecule has 3 N–H and O–H groups in total. The van der Waals surface area contributed by atoms with E-state index in [4.69, 9.17) is 10.1 Å². The van der Waals surface area contributed by atoms with Crippen LogP contribution in [-0.2, 0) is 16.6 Å². The molecule has 224 valence electrons. The van der Waals surface area contributed by atoms with E-state index >= 15 is 0 Å². The van der Waals surface area contributed by atoms with Crippen LogP contribution < -0.4 is 10.5 Å². The third-order valence-electron chi connectivity index (χ3n) is 7.73. The first kappa shape index (κ1) is 31.0. The minimum absolute atomic E-state index is 0.0600. The number of carbonyl (C=O) groups is 1. The third kappa shape index (κ3) is 8.53. The Morgan fingerprint density at radius 3 is 2.20 bits per heavy atom. The molecule has 0 unspecified atom stereocenters. The van der Waals surface area contributed by atoms with Gasteiger partial charge >= 0.3 is 0 Å². The van der Waals surface area contributed by atoms with Crippen molar-refractivity contribution in [3.63, 3.8) is 0 Å². The highest BCUT2D eigenvalue weighted by Crippen LogP contribution is 2.26. The second-order valence-corrected chi connectivity index (χ2v) is 13.6. The molecule has 1 fully saturated rings. The number of aromatic nitrogens is 2. The Balaban J connectivity index is 1.63. The molecule has 1 amide bonds. The van der Waals surface area contributed by atoms with E-state index < -0.39 is 10.0 Å². The van der Waals surface area contributed by atoms with Gasteiger partial charge < -0.3 is 19.7 Å². The highest BCUT2D eigenvalue weighted by Gasteiger charge is 2.20. The molecule has 2 heterocycles. The number of primary sulfonamides is 1. The zero-order valence-electron chi connectivity index (χ0n) is 25.0. The van der Waals surface area contributed by atoms with E-state index in [0.717, 1.165) is 69.6 Å². The lowest BCUT2D eigenvalue weighted by Crippen LogP contribution is -2.34. The van der Waals surface area contributed by atoms with Gasteiger partial charge in [-0.05, 0) is 106 Å². The van der Waals surface area contributed by atoms with Gasteiger partial charge in [-0.2, -0.15) is 0 Å². The minimum atomic E-state index is -3.77. The van der Waals surface area contributed by atoms with Crippen molar-refractivity contribution < 1.29 is 13.2 Å². The molecule has 41 heavy (non-hydrogen) atoms. The van der Waals surface area contributed by atoms with Gasteiger partial charge in [0.2, 0.25) is 16.0 Å². The van der Waals surface area contributed by atoms with Gasteiger partial charge in [0.15, 0.2) is 0 Å². The number of carbonyl (C=O) groups excluding carboxylic acids is 1. The summed E-state index contributed by atoms with van der Waals surface area (Å²) in [7, 11) is -3.77. The Morgan fingerprint density at radius 1 is 0.976 bits per heavy atom. The van der Waals surface area contributed by atoms with Crippen LogP contribution >= 0.6 is 0 Å². The average molecular weight is 583 g/mol. The van der Waals surface area contributed by atoms with Crippen LogP contribution in [0.15, 0.2) is 47.4 Å². The second-order valence-electron chi connectivity index (χ2n) is 12.0. The van der Waals surface area contributed by atoms with Crippen LogP contribution in [0.25, 0.3) is 11.0 Å². The van der Waals surface area contributed by atoms with E-state index in [1.54, 1.807) is 12.1 Å². The zero-order chi connectivity index (χ0) is 29.6. The Morgan fingerprint density at radius 2 is 1.61 bits per heavy atom. The van der Waals surface area contributed by atoms with Crippen molar-refractivity contribution in [2.45, 2.75) is 71.2 Å². The van der Waals surface area contributed by atoms with Gasteiger partial charge in [0.05, 0.1) is 15.9 Å². The van der Waals surface area contributed by atoms with Gasteiger partial charge in [-0.15, -0.1) is 0 Å². The SMILES string of the molecule is CC(C)CCN(CCC(C)C)C(=O)c1ccc2nc(Nc3ccc(S(N)(=O)=O)cc3)n(CCCN3CCCC3)c2c1. The summed E-state index contributed by atoms with van der Waals surface area (Å²) in [6.07, 6.45) is 5.41. The number of aryl methyl sites for hydroxylation is 1. The predicted molar refractivity (Wildman–Crippen MR) is 166 cm³/mol. The first-order valence-electron chi connectivity index (χ1n) is 14.9. The van der Waals surface area contributed by atoms with Crippen molar-refractivity contribution in [1.29, 1.82) is 0 Å². The summed E-state index contributed by atoms with van der Waals surface area (Å²) in [6, 6.07) is 12.1. The summed E-state index contributed by atoms with van der Waals surface area (Å²) in [5.41, 5.74) is 3.10. The standard InChI is InChI=1S/C31H46N6O3S/c1-23(2)14-20-36(21-15-24(3)4)30(38)25-8-13-28-29(22-25)37(19-7-18-35-16-5-6-17-35)31(34-28)33-26-9-11-27(12-10-26)41(32,39)40/h8-13,22-24H,5-7,14-21H2,1-4H3,(H,33,34)(H2,32,39,40). The largest absolute Gasteiger partial charge is 0.339 e. The van der Waals surface area contributed by atoms with E-state index in [9.17, 15) is 13.2 Å². The monoisotopic (exact) mass is 582 g/mol. The summed E-state index contributed by atoms with van der Waals surface area (Å²) >= 11 is 0. The van der Waals surface area contributed by atoms with Gasteiger partial charge in [-0.25, -0.2) is 18.5 Å². The quantitative estimate of drug-likeness (QED) is 0.261. The van der Waals surface area contributed by atoms with Crippen molar-refractivity contribution in [2.24, 2.45) is 17.0 Å². The summed E-state index contributed by atoms with van der Waals surface area (Å²) in [5, 5.41) is 8.63. The molecule has 10 heteroatoms. The van der Waals surface area contributed by atoms with Crippen molar-refractivity contribution in [3.8, 4) is 0 Å². The number of likely N-dealkylation sites (tertiary alicyclic amines) is 1. The highest BCUT2D eigenvalue weighted by molar-refractivity contribution is 7.89.